The number of likely N-dealkylation sites (tertiary alicyclic amines) is 1. The van der Waals surface area contributed by atoms with E-state index in [4.69, 9.17) is 9.73 Å². The molecule has 1 saturated heterocycles. The summed E-state index contributed by atoms with van der Waals surface area (Å²) in [7, 11) is 1.79. The Labute approximate surface area is 169 Å². The van der Waals surface area contributed by atoms with Crippen LogP contribution in [-0.4, -0.2) is 50.8 Å². The first-order valence-electron chi connectivity index (χ1n) is 9.27. The number of hydrogen-bond acceptors (Lipinski definition) is 2. The van der Waals surface area contributed by atoms with Gasteiger partial charge < -0.3 is 15.0 Å². The fraction of sp³-hybridized carbons (Fsp3) is 0.650. The summed E-state index contributed by atoms with van der Waals surface area (Å²) in [6.07, 6.45) is 3.71. The van der Waals surface area contributed by atoms with Crippen LogP contribution < -0.4 is 5.32 Å². The molecule has 3 rings (SSSR count). The Morgan fingerprint density at radius 2 is 2.12 bits per heavy atom. The normalized spacial score (nSPS) is 21.8. The number of nitrogens with one attached hydrogen (secondary N) is 1. The van der Waals surface area contributed by atoms with Crippen LogP contribution in [0.1, 0.15) is 37.3 Å². The van der Waals surface area contributed by atoms with E-state index in [1.807, 2.05) is 0 Å². The molecule has 1 aliphatic carbocycles. The molecule has 1 N–H and O–H groups in total. The highest BCUT2D eigenvalue weighted by Gasteiger charge is 2.45. The number of ether oxygens (including phenoxy) is 1. The Morgan fingerprint density at radius 1 is 1.36 bits per heavy atom. The lowest BCUT2D eigenvalue weighted by Crippen LogP contribution is -2.40. The maximum atomic E-state index is 5.32. The molecule has 2 fully saturated rings. The fourth-order valence-corrected chi connectivity index (χ4v) is 3.88. The van der Waals surface area contributed by atoms with E-state index in [1.165, 1.54) is 30.4 Å². The van der Waals surface area contributed by atoms with Crippen molar-refractivity contribution in [2.45, 2.75) is 38.5 Å². The van der Waals surface area contributed by atoms with Gasteiger partial charge in [-0.3, -0.25) is 4.99 Å². The van der Waals surface area contributed by atoms with E-state index >= 15 is 0 Å². The number of benzene rings is 1. The molecule has 140 valence electrons. The summed E-state index contributed by atoms with van der Waals surface area (Å²) >= 11 is 0. The lowest BCUT2D eigenvalue weighted by Gasteiger charge is -2.23. The smallest absolute Gasteiger partial charge is 0.193 e. The van der Waals surface area contributed by atoms with Gasteiger partial charge in [-0.25, -0.2) is 0 Å². The Hall–Kier alpha value is -0.820. The zero-order chi connectivity index (χ0) is 17.0. The molecule has 25 heavy (non-hydrogen) atoms. The summed E-state index contributed by atoms with van der Waals surface area (Å²) in [6, 6.07) is 8.80. The van der Waals surface area contributed by atoms with Gasteiger partial charge in [0.1, 0.15) is 0 Å². The molecule has 4 nitrogen and oxygen atoms in total. The molecule has 1 heterocycles. The first-order chi connectivity index (χ1) is 11.7. The zero-order valence-electron chi connectivity index (χ0n) is 15.8. The number of aliphatic imine (C=N–C) groups is 1. The SMILES string of the molecule is CCNC(=NCC1(c2ccccc2C)CC1)N1CCC(COC)C1.I. The standard InChI is InChI=1S/C20H31N3O.HI/c1-4-21-19(23-12-9-17(13-23)14-24-3)22-15-20(10-11-20)18-8-6-5-7-16(18)2;/h5-8,17H,4,9-15H2,1-3H3,(H,21,22);1H. The van der Waals surface area contributed by atoms with Crippen molar-refractivity contribution in [3.05, 3.63) is 35.4 Å². The molecule has 1 aromatic carbocycles. The van der Waals surface area contributed by atoms with Crippen molar-refractivity contribution in [1.82, 2.24) is 10.2 Å². The van der Waals surface area contributed by atoms with Gasteiger partial charge in [0.25, 0.3) is 0 Å². The van der Waals surface area contributed by atoms with Crippen molar-refractivity contribution >= 4 is 29.9 Å². The minimum Gasteiger partial charge on any atom is -0.384 e. The second kappa shape index (κ2) is 9.21. The maximum absolute atomic E-state index is 5.32. The third-order valence-electron chi connectivity index (χ3n) is 5.42. The summed E-state index contributed by atoms with van der Waals surface area (Å²) in [5.74, 6) is 1.71. The molecule has 1 atom stereocenters. The quantitative estimate of drug-likeness (QED) is 0.403. The van der Waals surface area contributed by atoms with Crippen molar-refractivity contribution in [2.75, 3.05) is 39.9 Å². The molecular weight excluding hydrogens is 425 g/mol. The highest BCUT2D eigenvalue weighted by Crippen LogP contribution is 2.49. The van der Waals surface area contributed by atoms with Crippen LogP contribution in [0.4, 0.5) is 0 Å². The van der Waals surface area contributed by atoms with Crippen molar-refractivity contribution in [1.29, 1.82) is 0 Å². The van der Waals surface area contributed by atoms with Crippen LogP contribution in [0.2, 0.25) is 0 Å². The van der Waals surface area contributed by atoms with Crippen LogP contribution in [0.5, 0.6) is 0 Å². The third kappa shape index (κ3) is 4.88. The highest BCUT2D eigenvalue weighted by atomic mass is 127. The summed E-state index contributed by atoms with van der Waals surface area (Å²) in [4.78, 5) is 7.44. The van der Waals surface area contributed by atoms with Crippen LogP contribution >= 0.6 is 24.0 Å². The van der Waals surface area contributed by atoms with E-state index < -0.39 is 0 Å². The average molecular weight is 457 g/mol. The van der Waals surface area contributed by atoms with Gasteiger partial charge >= 0.3 is 0 Å². The van der Waals surface area contributed by atoms with Crippen LogP contribution in [0.25, 0.3) is 0 Å². The Morgan fingerprint density at radius 3 is 2.76 bits per heavy atom. The molecule has 2 aliphatic rings. The number of hydrogen-bond donors (Lipinski definition) is 1. The minimum absolute atomic E-state index is 0. The van der Waals surface area contributed by atoms with Crippen LogP contribution in [0, 0.1) is 12.8 Å². The van der Waals surface area contributed by atoms with Gasteiger partial charge in [-0.15, -0.1) is 24.0 Å². The molecule has 0 amide bonds. The van der Waals surface area contributed by atoms with E-state index in [9.17, 15) is 0 Å². The van der Waals surface area contributed by atoms with Crippen LogP contribution in [0.3, 0.4) is 0 Å². The zero-order valence-corrected chi connectivity index (χ0v) is 18.1. The molecule has 1 aliphatic heterocycles. The molecule has 1 saturated carbocycles. The van der Waals surface area contributed by atoms with Gasteiger partial charge in [0.05, 0.1) is 13.2 Å². The lowest BCUT2D eigenvalue weighted by atomic mass is 9.92. The molecule has 0 radical (unpaired) electrons. The lowest BCUT2D eigenvalue weighted by molar-refractivity contribution is 0.157. The van der Waals surface area contributed by atoms with Crippen molar-refractivity contribution < 1.29 is 4.74 Å². The Kier molecular flexibility index (Phi) is 7.55. The number of halogens is 1. The monoisotopic (exact) mass is 457 g/mol. The second-order valence-corrected chi connectivity index (χ2v) is 7.32. The van der Waals surface area contributed by atoms with Gasteiger partial charge in [-0.1, -0.05) is 24.3 Å². The van der Waals surface area contributed by atoms with E-state index in [2.05, 4.69) is 48.3 Å². The van der Waals surface area contributed by atoms with Gasteiger partial charge in [0, 0.05) is 38.1 Å². The predicted molar refractivity (Wildman–Crippen MR) is 115 cm³/mol. The molecule has 1 unspecified atom stereocenters. The molecule has 0 aromatic heterocycles. The third-order valence-corrected chi connectivity index (χ3v) is 5.42. The average Bonchev–Trinajstić information content (AvgIpc) is 3.23. The van der Waals surface area contributed by atoms with Crippen molar-refractivity contribution in [3.63, 3.8) is 0 Å². The number of methoxy groups -OCH3 is 1. The minimum atomic E-state index is 0. The maximum Gasteiger partial charge on any atom is 0.193 e. The van der Waals surface area contributed by atoms with Gasteiger partial charge in [-0.2, -0.15) is 0 Å². The van der Waals surface area contributed by atoms with Gasteiger partial charge in [0.2, 0.25) is 0 Å². The molecule has 0 spiro atoms. The van der Waals surface area contributed by atoms with E-state index in [0.29, 0.717) is 5.92 Å². The van der Waals surface area contributed by atoms with Crippen LogP contribution in [0.15, 0.2) is 29.3 Å². The summed E-state index contributed by atoms with van der Waals surface area (Å²) < 4.78 is 5.32. The molecule has 1 aromatic rings. The first-order valence-corrected chi connectivity index (χ1v) is 9.27. The largest absolute Gasteiger partial charge is 0.384 e. The summed E-state index contributed by atoms with van der Waals surface area (Å²) in [5.41, 5.74) is 3.16. The summed E-state index contributed by atoms with van der Waals surface area (Å²) in [5, 5.41) is 3.49. The summed E-state index contributed by atoms with van der Waals surface area (Å²) in [6.45, 7) is 9.16. The van der Waals surface area contributed by atoms with E-state index in [1.54, 1.807) is 7.11 Å². The Bertz CT molecular complexity index is 586. The van der Waals surface area contributed by atoms with Crippen molar-refractivity contribution in [3.8, 4) is 0 Å². The second-order valence-electron chi connectivity index (χ2n) is 7.32. The van der Waals surface area contributed by atoms with Crippen molar-refractivity contribution in [2.24, 2.45) is 10.9 Å². The van der Waals surface area contributed by atoms with Gasteiger partial charge in [0.15, 0.2) is 5.96 Å². The number of nitrogens with zero attached hydrogens (tertiary/aromatic N) is 2. The topological polar surface area (TPSA) is 36.9 Å². The highest BCUT2D eigenvalue weighted by molar-refractivity contribution is 14.0. The first kappa shape index (κ1) is 20.5. The van der Waals surface area contributed by atoms with Crippen LogP contribution in [-0.2, 0) is 10.2 Å². The predicted octanol–water partition coefficient (Wildman–Crippen LogP) is 3.58. The molecular formula is C20H32IN3O. The number of rotatable bonds is 6. The van der Waals surface area contributed by atoms with E-state index in [-0.39, 0.29) is 29.4 Å². The molecule has 5 heteroatoms. The Balaban J connectivity index is 0.00000225. The van der Waals surface area contributed by atoms with Gasteiger partial charge in [-0.05, 0) is 44.2 Å². The number of guanidine groups is 1. The van der Waals surface area contributed by atoms with E-state index in [0.717, 1.165) is 38.7 Å². The fourth-order valence-electron chi connectivity index (χ4n) is 3.88. The number of aryl methyl sites for hydroxylation is 1. The molecule has 0 bridgehead atoms.